The minimum absolute atomic E-state index is 0.544. The van der Waals surface area contributed by atoms with Crippen LogP contribution in [0.5, 0.6) is 0 Å². The molecule has 0 heterocycles. The number of nitrogens with two attached hydrogens (primary N) is 2. The Bertz CT molecular complexity index is 159. The Morgan fingerprint density at radius 1 is 1.25 bits per heavy atom. The zero-order valence-corrected chi connectivity index (χ0v) is 7.97. The molecule has 0 aliphatic carbocycles. The summed E-state index contributed by atoms with van der Waals surface area (Å²) in [6.07, 6.45) is 7.64. The van der Waals surface area contributed by atoms with E-state index in [2.05, 4.69) is 13.5 Å². The van der Waals surface area contributed by atoms with Crippen molar-refractivity contribution in [2.24, 2.45) is 11.5 Å². The third kappa shape index (κ3) is 7.19. The van der Waals surface area contributed by atoms with Crippen LogP contribution in [0.25, 0.3) is 0 Å². The fraction of sp³-hybridized carbons (Fsp3) is 0.600. The standard InChI is InChI=1S/C10H20N2/c1-3-4-5-6-7-10(12)8-9(2)11/h8H,2-7,11-12H2,1H3/b10-8-. The zero-order chi connectivity index (χ0) is 9.40. The van der Waals surface area contributed by atoms with E-state index in [1.54, 1.807) is 6.08 Å². The number of hydrogen-bond donors (Lipinski definition) is 2. The maximum Gasteiger partial charge on any atom is 0.0258 e. The van der Waals surface area contributed by atoms with E-state index >= 15 is 0 Å². The van der Waals surface area contributed by atoms with Crippen LogP contribution in [0.1, 0.15) is 39.0 Å². The maximum absolute atomic E-state index is 5.68. The van der Waals surface area contributed by atoms with Crippen molar-refractivity contribution in [3.8, 4) is 0 Å². The highest BCUT2D eigenvalue weighted by molar-refractivity contribution is 5.15. The van der Waals surface area contributed by atoms with Crippen LogP contribution in [0.2, 0.25) is 0 Å². The van der Waals surface area contributed by atoms with Gasteiger partial charge in [-0.05, 0) is 18.9 Å². The largest absolute Gasteiger partial charge is 0.402 e. The van der Waals surface area contributed by atoms with Crippen LogP contribution < -0.4 is 11.5 Å². The molecule has 0 bridgehead atoms. The topological polar surface area (TPSA) is 52.0 Å². The molecule has 12 heavy (non-hydrogen) atoms. The van der Waals surface area contributed by atoms with Crippen molar-refractivity contribution in [3.63, 3.8) is 0 Å². The summed E-state index contributed by atoms with van der Waals surface area (Å²) < 4.78 is 0. The summed E-state index contributed by atoms with van der Waals surface area (Å²) in [6.45, 7) is 5.76. The number of hydrogen-bond acceptors (Lipinski definition) is 2. The van der Waals surface area contributed by atoms with E-state index < -0.39 is 0 Å². The van der Waals surface area contributed by atoms with Gasteiger partial charge in [-0.1, -0.05) is 32.8 Å². The Labute approximate surface area is 75.3 Å². The Balaban J connectivity index is 3.43. The molecule has 4 N–H and O–H groups in total. The fourth-order valence-corrected chi connectivity index (χ4v) is 1.07. The van der Waals surface area contributed by atoms with Gasteiger partial charge in [0.1, 0.15) is 0 Å². The van der Waals surface area contributed by atoms with Crippen molar-refractivity contribution in [3.05, 3.63) is 24.0 Å². The van der Waals surface area contributed by atoms with Gasteiger partial charge in [0.15, 0.2) is 0 Å². The normalized spacial score (nSPS) is 11.6. The lowest BCUT2D eigenvalue weighted by molar-refractivity contribution is 0.662. The molecule has 0 radical (unpaired) electrons. The minimum atomic E-state index is 0.544. The molecule has 0 saturated carbocycles. The molecular formula is C10H20N2. The van der Waals surface area contributed by atoms with Crippen molar-refractivity contribution < 1.29 is 0 Å². The second-order valence-electron chi connectivity index (χ2n) is 3.10. The third-order valence-corrected chi connectivity index (χ3v) is 1.69. The average molecular weight is 168 g/mol. The molecule has 2 heteroatoms. The summed E-state index contributed by atoms with van der Waals surface area (Å²) in [5.41, 5.74) is 12.4. The minimum Gasteiger partial charge on any atom is -0.402 e. The first-order valence-electron chi connectivity index (χ1n) is 4.57. The highest BCUT2D eigenvalue weighted by Gasteiger charge is 1.91. The van der Waals surface area contributed by atoms with E-state index in [0.29, 0.717) is 5.70 Å². The predicted octanol–water partition coefficient (Wildman–Crippen LogP) is 2.27. The molecule has 0 spiro atoms. The van der Waals surface area contributed by atoms with Gasteiger partial charge in [0.2, 0.25) is 0 Å². The summed E-state index contributed by atoms with van der Waals surface area (Å²) >= 11 is 0. The van der Waals surface area contributed by atoms with Crippen LogP contribution in [0.15, 0.2) is 24.0 Å². The molecular weight excluding hydrogens is 148 g/mol. The van der Waals surface area contributed by atoms with E-state index in [1.807, 2.05) is 0 Å². The predicted molar refractivity (Wildman–Crippen MR) is 54.4 cm³/mol. The zero-order valence-electron chi connectivity index (χ0n) is 7.97. The summed E-state index contributed by atoms with van der Waals surface area (Å²) in [5, 5.41) is 0. The van der Waals surface area contributed by atoms with Gasteiger partial charge < -0.3 is 11.5 Å². The molecule has 0 fully saturated rings. The van der Waals surface area contributed by atoms with Crippen molar-refractivity contribution in [1.29, 1.82) is 0 Å². The molecule has 0 aliphatic heterocycles. The second kappa shape index (κ2) is 6.77. The smallest absolute Gasteiger partial charge is 0.0258 e. The Hall–Kier alpha value is -0.920. The lowest BCUT2D eigenvalue weighted by atomic mass is 10.1. The van der Waals surface area contributed by atoms with Gasteiger partial charge in [0, 0.05) is 11.4 Å². The molecule has 0 rings (SSSR count). The highest BCUT2D eigenvalue weighted by atomic mass is 14.6. The van der Waals surface area contributed by atoms with Crippen LogP contribution in [0, 0.1) is 0 Å². The van der Waals surface area contributed by atoms with Gasteiger partial charge in [-0.15, -0.1) is 0 Å². The van der Waals surface area contributed by atoms with Gasteiger partial charge in [0.05, 0.1) is 0 Å². The van der Waals surface area contributed by atoms with Crippen LogP contribution in [-0.2, 0) is 0 Å². The highest BCUT2D eigenvalue weighted by Crippen LogP contribution is 2.06. The summed E-state index contributed by atoms with van der Waals surface area (Å²) in [5.74, 6) is 0. The molecule has 2 nitrogen and oxygen atoms in total. The van der Waals surface area contributed by atoms with E-state index in [4.69, 9.17) is 11.5 Å². The molecule has 0 aliphatic rings. The fourth-order valence-electron chi connectivity index (χ4n) is 1.07. The number of allylic oxidation sites excluding steroid dienone is 2. The van der Waals surface area contributed by atoms with E-state index in [9.17, 15) is 0 Å². The summed E-state index contributed by atoms with van der Waals surface area (Å²) in [6, 6.07) is 0. The van der Waals surface area contributed by atoms with Gasteiger partial charge in [-0.2, -0.15) is 0 Å². The van der Waals surface area contributed by atoms with Gasteiger partial charge >= 0.3 is 0 Å². The average Bonchev–Trinajstić information content (AvgIpc) is 1.97. The van der Waals surface area contributed by atoms with Gasteiger partial charge in [0.25, 0.3) is 0 Å². The lowest BCUT2D eigenvalue weighted by Gasteiger charge is -2.00. The first-order chi connectivity index (χ1) is 5.66. The monoisotopic (exact) mass is 168 g/mol. The quantitative estimate of drug-likeness (QED) is 0.472. The maximum atomic E-state index is 5.68. The van der Waals surface area contributed by atoms with E-state index in [-0.39, 0.29) is 0 Å². The number of rotatable bonds is 6. The van der Waals surface area contributed by atoms with Crippen LogP contribution in [0.4, 0.5) is 0 Å². The van der Waals surface area contributed by atoms with Gasteiger partial charge in [-0.3, -0.25) is 0 Å². The van der Waals surface area contributed by atoms with Crippen molar-refractivity contribution in [2.75, 3.05) is 0 Å². The molecule has 0 unspecified atom stereocenters. The Morgan fingerprint density at radius 2 is 1.92 bits per heavy atom. The second-order valence-corrected chi connectivity index (χ2v) is 3.10. The number of unbranched alkanes of at least 4 members (excludes halogenated alkanes) is 3. The van der Waals surface area contributed by atoms with Crippen LogP contribution in [0.3, 0.4) is 0 Å². The first-order valence-corrected chi connectivity index (χ1v) is 4.57. The molecule has 0 aromatic rings. The van der Waals surface area contributed by atoms with Crippen molar-refractivity contribution >= 4 is 0 Å². The van der Waals surface area contributed by atoms with Crippen LogP contribution in [-0.4, -0.2) is 0 Å². The molecule has 0 aromatic heterocycles. The molecule has 0 aromatic carbocycles. The summed E-state index contributed by atoms with van der Waals surface area (Å²) in [4.78, 5) is 0. The van der Waals surface area contributed by atoms with Crippen LogP contribution >= 0.6 is 0 Å². The van der Waals surface area contributed by atoms with Crippen molar-refractivity contribution in [1.82, 2.24) is 0 Å². The Kier molecular flexibility index (Phi) is 6.25. The lowest BCUT2D eigenvalue weighted by Crippen LogP contribution is -2.00. The van der Waals surface area contributed by atoms with Crippen molar-refractivity contribution in [2.45, 2.75) is 39.0 Å². The Morgan fingerprint density at radius 3 is 2.42 bits per heavy atom. The van der Waals surface area contributed by atoms with Gasteiger partial charge in [-0.25, -0.2) is 0 Å². The molecule has 0 atom stereocenters. The molecule has 0 saturated heterocycles. The van der Waals surface area contributed by atoms with E-state index in [0.717, 1.165) is 18.5 Å². The summed E-state index contributed by atoms with van der Waals surface area (Å²) in [7, 11) is 0. The third-order valence-electron chi connectivity index (χ3n) is 1.69. The molecule has 70 valence electrons. The SMILES string of the molecule is C=C(N)/C=C(\N)CCCCCC. The molecule has 0 amide bonds. The van der Waals surface area contributed by atoms with E-state index in [1.165, 1.54) is 19.3 Å². The first kappa shape index (κ1) is 11.1.